The Balaban J connectivity index is 2.69. The van der Waals surface area contributed by atoms with E-state index in [1.54, 1.807) is 0 Å². The lowest BCUT2D eigenvalue weighted by atomic mass is 9.84. The van der Waals surface area contributed by atoms with Gasteiger partial charge < -0.3 is 5.11 Å². The molecule has 2 nitrogen and oxygen atoms in total. The normalized spacial score (nSPS) is 21.4. The molecule has 1 fully saturated rings. The van der Waals surface area contributed by atoms with Gasteiger partial charge in [-0.1, -0.05) is 40.5 Å². The van der Waals surface area contributed by atoms with Crippen LogP contribution in [0.5, 0.6) is 0 Å². The summed E-state index contributed by atoms with van der Waals surface area (Å²) in [6, 6.07) is 0. The summed E-state index contributed by atoms with van der Waals surface area (Å²) in [7, 11) is 0. The van der Waals surface area contributed by atoms with E-state index >= 15 is 0 Å². The molecule has 1 unspecified atom stereocenters. The molecule has 17 heavy (non-hydrogen) atoms. The van der Waals surface area contributed by atoms with Gasteiger partial charge in [0.05, 0.1) is 6.10 Å². The Morgan fingerprint density at radius 3 is 2.00 bits per heavy atom. The molecule has 0 bridgehead atoms. The van der Waals surface area contributed by atoms with Crippen LogP contribution in [-0.4, -0.2) is 34.7 Å². The van der Waals surface area contributed by atoms with Crippen molar-refractivity contribution < 1.29 is 5.11 Å². The van der Waals surface area contributed by atoms with Crippen molar-refractivity contribution >= 4 is 0 Å². The van der Waals surface area contributed by atoms with Crippen LogP contribution in [0.2, 0.25) is 0 Å². The maximum Gasteiger partial charge on any atom is 0.0723 e. The number of hydrogen-bond donors (Lipinski definition) is 1. The predicted molar refractivity (Wildman–Crippen MR) is 74.2 cm³/mol. The number of aliphatic hydroxyl groups is 1. The van der Waals surface area contributed by atoms with Crippen LogP contribution in [-0.2, 0) is 0 Å². The summed E-state index contributed by atoms with van der Waals surface area (Å²) in [6.07, 6.45) is 6.93. The summed E-state index contributed by atoms with van der Waals surface area (Å²) in [5, 5.41) is 10.6. The lowest BCUT2D eigenvalue weighted by Gasteiger charge is -2.44. The highest BCUT2D eigenvalue weighted by Gasteiger charge is 2.43. The van der Waals surface area contributed by atoms with Gasteiger partial charge in [0.25, 0.3) is 0 Å². The summed E-state index contributed by atoms with van der Waals surface area (Å²) in [5.74, 6) is 0.694. The van der Waals surface area contributed by atoms with Crippen LogP contribution in [0.3, 0.4) is 0 Å². The Morgan fingerprint density at radius 2 is 1.59 bits per heavy atom. The lowest BCUT2D eigenvalue weighted by molar-refractivity contribution is -0.0312. The first-order valence-electron chi connectivity index (χ1n) is 7.50. The van der Waals surface area contributed by atoms with Crippen LogP contribution < -0.4 is 0 Å². The molecule has 1 aliphatic rings. The van der Waals surface area contributed by atoms with Crippen molar-refractivity contribution in [3.63, 3.8) is 0 Å². The third-order valence-electron chi connectivity index (χ3n) is 4.50. The van der Waals surface area contributed by atoms with E-state index in [-0.39, 0.29) is 11.6 Å². The summed E-state index contributed by atoms with van der Waals surface area (Å²) < 4.78 is 0. The molecule has 102 valence electrons. The van der Waals surface area contributed by atoms with Crippen LogP contribution in [0.4, 0.5) is 0 Å². The van der Waals surface area contributed by atoms with Crippen LogP contribution >= 0.6 is 0 Å². The molecule has 1 atom stereocenters. The molecular formula is C15H31NO. The maximum absolute atomic E-state index is 10.6. The third kappa shape index (κ3) is 3.45. The largest absolute Gasteiger partial charge is 0.391 e. The Bertz CT molecular complexity index is 205. The Morgan fingerprint density at radius 1 is 1.06 bits per heavy atom. The van der Waals surface area contributed by atoms with E-state index in [0.29, 0.717) is 5.92 Å². The molecule has 0 aliphatic heterocycles. The molecule has 0 spiro atoms. The van der Waals surface area contributed by atoms with E-state index < -0.39 is 0 Å². The van der Waals surface area contributed by atoms with Crippen LogP contribution in [0.1, 0.15) is 66.2 Å². The summed E-state index contributed by atoms with van der Waals surface area (Å²) >= 11 is 0. The number of rotatable bonds is 7. The van der Waals surface area contributed by atoms with Gasteiger partial charge in [0, 0.05) is 5.54 Å². The molecule has 1 N–H and O–H groups in total. The zero-order valence-corrected chi connectivity index (χ0v) is 12.2. The molecule has 0 radical (unpaired) electrons. The fourth-order valence-electron chi connectivity index (χ4n) is 3.46. The first-order chi connectivity index (χ1) is 8.06. The van der Waals surface area contributed by atoms with Crippen LogP contribution in [0, 0.1) is 5.92 Å². The summed E-state index contributed by atoms with van der Waals surface area (Å²) in [5.41, 5.74) is 0.0956. The van der Waals surface area contributed by atoms with Gasteiger partial charge in [-0.15, -0.1) is 0 Å². The van der Waals surface area contributed by atoms with Crippen molar-refractivity contribution in [3.8, 4) is 0 Å². The van der Waals surface area contributed by atoms with Crippen molar-refractivity contribution in [2.75, 3.05) is 13.1 Å². The van der Waals surface area contributed by atoms with E-state index in [1.807, 2.05) is 0 Å². The molecule has 2 heteroatoms. The molecule has 1 aliphatic carbocycles. The second-order valence-electron chi connectivity index (χ2n) is 5.97. The quantitative estimate of drug-likeness (QED) is 0.738. The van der Waals surface area contributed by atoms with Crippen LogP contribution in [0.15, 0.2) is 0 Å². The van der Waals surface area contributed by atoms with E-state index in [1.165, 1.54) is 25.7 Å². The summed E-state index contributed by atoms with van der Waals surface area (Å²) in [6.45, 7) is 11.1. The van der Waals surface area contributed by atoms with Crippen molar-refractivity contribution in [2.45, 2.75) is 77.9 Å². The minimum atomic E-state index is -0.132. The van der Waals surface area contributed by atoms with Crippen molar-refractivity contribution in [1.82, 2.24) is 4.90 Å². The van der Waals surface area contributed by atoms with E-state index in [4.69, 9.17) is 0 Å². The zero-order valence-electron chi connectivity index (χ0n) is 12.2. The topological polar surface area (TPSA) is 23.5 Å². The Hall–Kier alpha value is -0.0800. The van der Waals surface area contributed by atoms with E-state index in [9.17, 15) is 5.11 Å². The van der Waals surface area contributed by atoms with E-state index in [0.717, 1.165) is 25.9 Å². The van der Waals surface area contributed by atoms with Crippen LogP contribution in [0.25, 0.3) is 0 Å². The fraction of sp³-hybridized carbons (Fsp3) is 1.00. The van der Waals surface area contributed by atoms with E-state index in [2.05, 4.69) is 32.6 Å². The van der Waals surface area contributed by atoms with Gasteiger partial charge in [-0.3, -0.25) is 4.90 Å². The number of hydrogen-bond acceptors (Lipinski definition) is 2. The molecule has 1 rings (SSSR count). The van der Waals surface area contributed by atoms with Crippen molar-refractivity contribution in [3.05, 3.63) is 0 Å². The number of likely N-dealkylation sites (N-methyl/N-ethyl adjacent to an activating group) is 1. The van der Waals surface area contributed by atoms with Gasteiger partial charge in [-0.25, -0.2) is 0 Å². The first-order valence-corrected chi connectivity index (χ1v) is 7.50. The second kappa shape index (κ2) is 6.75. The SMILES string of the molecule is CCN(CC)C1(C(O)CCC(C)C)CCCC1. The molecule has 0 aromatic heterocycles. The molecule has 0 aromatic rings. The first kappa shape index (κ1) is 15.0. The lowest BCUT2D eigenvalue weighted by Crippen LogP contribution is -2.55. The van der Waals surface area contributed by atoms with Crippen molar-refractivity contribution in [2.24, 2.45) is 5.92 Å². The highest BCUT2D eigenvalue weighted by Crippen LogP contribution is 2.39. The zero-order chi connectivity index (χ0) is 12.9. The maximum atomic E-state index is 10.6. The smallest absolute Gasteiger partial charge is 0.0723 e. The molecular weight excluding hydrogens is 210 g/mol. The van der Waals surface area contributed by atoms with Crippen molar-refractivity contribution in [1.29, 1.82) is 0 Å². The van der Waals surface area contributed by atoms with Gasteiger partial charge in [0.2, 0.25) is 0 Å². The Labute approximate surface area is 107 Å². The molecule has 0 aromatic carbocycles. The van der Waals surface area contributed by atoms with Gasteiger partial charge in [0.1, 0.15) is 0 Å². The monoisotopic (exact) mass is 241 g/mol. The average molecular weight is 241 g/mol. The third-order valence-corrected chi connectivity index (χ3v) is 4.50. The fourth-order valence-corrected chi connectivity index (χ4v) is 3.46. The number of aliphatic hydroxyl groups excluding tert-OH is 1. The predicted octanol–water partition coefficient (Wildman–Crippen LogP) is 3.44. The molecule has 0 saturated heterocycles. The molecule has 1 saturated carbocycles. The van der Waals surface area contributed by atoms with Gasteiger partial charge in [-0.2, -0.15) is 0 Å². The standard InChI is InChI=1S/C15H31NO/c1-5-16(6-2)15(11-7-8-12-15)14(17)10-9-13(3)4/h13-14,17H,5-12H2,1-4H3. The minimum absolute atomic E-state index is 0.0956. The van der Waals surface area contributed by atoms with Gasteiger partial charge in [-0.05, 0) is 44.7 Å². The highest BCUT2D eigenvalue weighted by molar-refractivity contribution is 4.99. The second-order valence-corrected chi connectivity index (χ2v) is 5.97. The Kier molecular flexibility index (Phi) is 5.94. The molecule has 0 amide bonds. The summed E-state index contributed by atoms with van der Waals surface area (Å²) in [4.78, 5) is 2.50. The molecule has 0 heterocycles. The average Bonchev–Trinajstić information content (AvgIpc) is 2.78. The number of nitrogens with zero attached hydrogens (tertiary/aromatic N) is 1. The highest BCUT2D eigenvalue weighted by atomic mass is 16.3. The van der Waals surface area contributed by atoms with Gasteiger partial charge in [0.15, 0.2) is 0 Å². The van der Waals surface area contributed by atoms with Gasteiger partial charge >= 0.3 is 0 Å². The minimum Gasteiger partial charge on any atom is -0.391 e.